The van der Waals surface area contributed by atoms with E-state index in [9.17, 15) is 9.18 Å². The number of rotatable bonds is 6. The van der Waals surface area contributed by atoms with E-state index in [1.165, 1.54) is 17.7 Å². The van der Waals surface area contributed by atoms with E-state index in [0.717, 1.165) is 44.0 Å². The Balaban J connectivity index is 1.50. The highest BCUT2D eigenvalue weighted by molar-refractivity contribution is 5.73. The summed E-state index contributed by atoms with van der Waals surface area (Å²) in [5, 5.41) is 5.63. The van der Waals surface area contributed by atoms with Crippen LogP contribution in [0.1, 0.15) is 16.7 Å². The monoisotopic (exact) mass is 357 g/mol. The van der Waals surface area contributed by atoms with E-state index in [1.54, 1.807) is 12.1 Å². The Morgan fingerprint density at radius 3 is 2.50 bits per heavy atom. The zero-order valence-corrected chi connectivity index (χ0v) is 14.7. The number of amides is 2. The summed E-state index contributed by atoms with van der Waals surface area (Å²) in [5.41, 5.74) is 3.03. The second-order valence-electron chi connectivity index (χ2n) is 6.32. The number of ether oxygens (including phenoxy) is 1. The first-order valence-electron chi connectivity index (χ1n) is 8.84. The Morgan fingerprint density at radius 1 is 1.00 bits per heavy atom. The van der Waals surface area contributed by atoms with Gasteiger partial charge in [-0.2, -0.15) is 0 Å². The number of hydrogen-bond donors (Lipinski definition) is 2. The van der Waals surface area contributed by atoms with E-state index in [1.807, 2.05) is 18.2 Å². The Hall–Kier alpha value is -2.44. The third-order valence-electron chi connectivity index (χ3n) is 4.40. The summed E-state index contributed by atoms with van der Waals surface area (Å²) in [6, 6.07) is 14.1. The van der Waals surface area contributed by atoms with Crippen molar-refractivity contribution in [2.75, 3.05) is 26.3 Å². The standard InChI is InChI=1S/C20H24FN3O2/c21-19-7-3-4-16(12-19)13-22-20(25)23-14-17-5-1-2-6-18(17)15-24-8-10-26-11-9-24/h1-7,12H,8-11,13-15H2,(H2,22,23,25). The molecular weight excluding hydrogens is 333 g/mol. The van der Waals surface area contributed by atoms with Crippen LogP contribution in [0.15, 0.2) is 48.5 Å². The van der Waals surface area contributed by atoms with Gasteiger partial charge >= 0.3 is 6.03 Å². The van der Waals surface area contributed by atoms with Crippen LogP contribution in [0.3, 0.4) is 0 Å². The Labute approximate surface area is 153 Å². The highest BCUT2D eigenvalue weighted by Crippen LogP contribution is 2.13. The molecule has 0 spiro atoms. The molecule has 0 radical (unpaired) electrons. The van der Waals surface area contributed by atoms with Crippen molar-refractivity contribution in [1.82, 2.24) is 15.5 Å². The molecule has 138 valence electrons. The molecule has 0 saturated carbocycles. The average Bonchev–Trinajstić information content (AvgIpc) is 2.66. The lowest BCUT2D eigenvalue weighted by molar-refractivity contribution is 0.0341. The van der Waals surface area contributed by atoms with Crippen molar-refractivity contribution in [3.8, 4) is 0 Å². The largest absolute Gasteiger partial charge is 0.379 e. The van der Waals surface area contributed by atoms with E-state index >= 15 is 0 Å². The van der Waals surface area contributed by atoms with Crippen LogP contribution in [-0.4, -0.2) is 37.2 Å². The van der Waals surface area contributed by atoms with Crippen LogP contribution in [0.2, 0.25) is 0 Å². The number of benzene rings is 2. The van der Waals surface area contributed by atoms with Gasteiger partial charge in [-0.05, 0) is 28.8 Å². The van der Waals surface area contributed by atoms with E-state index in [0.29, 0.717) is 13.1 Å². The number of halogens is 1. The molecule has 2 aromatic carbocycles. The van der Waals surface area contributed by atoms with Crippen molar-refractivity contribution in [2.45, 2.75) is 19.6 Å². The van der Waals surface area contributed by atoms with Crippen LogP contribution in [0.5, 0.6) is 0 Å². The molecule has 0 atom stereocenters. The average molecular weight is 357 g/mol. The molecule has 26 heavy (non-hydrogen) atoms. The molecule has 2 N–H and O–H groups in total. The number of carbonyl (C=O) groups excluding carboxylic acids is 1. The van der Waals surface area contributed by atoms with Crippen LogP contribution >= 0.6 is 0 Å². The third-order valence-corrected chi connectivity index (χ3v) is 4.40. The normalized spacial score (nSPS) is 14.8. The first-order chi connectivity index (χ1) is 12.7. The van der Waals surface area contributed by atoms with Crippen LogP contribution in [0.25, 0.3) is 0 Å². The quantitative estimate of drug-likeness (QED) is 0.836. The van der Waals surface area contributed by atoms with Crippen LogP contribution in [0.4, 0.5) is 9.18 Å². The van der Waals surface area contributed by atoms with Crippen molar-refractivity contribution in [3.05, 3.63) is 71.0 Å². The molecule has 6 heteroatoms. The molecule has 0 unspecified atom stereocenters. The first kappa shape index (κ1) is 18.4. The molecule has 1 heterocycles. The number of hydrogen-bond acceptors (Lipinski definition) is 3. The van der Waals surface area contributed by atoms with Crippen molar-refractivity contribution in [2.24, 2.45) is 0 Å². The van der Waals surface area contributed by atoms with Gasteiger partial charge in [-0.1, -0.05) is 36.4 Å². The third kappa shape index (κ3) is 5.54. The molecule has 0 aliphatic carbocycles. The Morgan fingerprint density at radius 2 is 1.73 bits per heavy atom. The summed E-state index contributed by atoms with van der Waals surface area (Å²) in [4.78, 5) is 14.4. The second kappa shape index (κ2) is 9.31. The number of nitrogens with one attached hydrogen (secondary N) is 2. The van der Waals surface area contributed by atoms with Gasteiger partial charge in [0.25, 0.3) is 0 Å². The molecule has 1 saturated heterocycles. The Bertz CT molecular complexity index is 733. The van der Waals surface area contributed by atoms with Gasteiger partial charge in [0.15, 0.2) is 0 Å². The van der Waals surface area contributed by atoms with Crippen molar-refractivity contribution >= 4 is 6.03 Å². The minimum atomic E-state index is -0.304. The first-order valence-corrected chi connectivity index (χ1v) is 8.84. The van der Waals surface area contributed by atoms with Crippen LogP contribution < -0.4 is 10.6 Å². The molecule has 0 bridgehead atoms. The van der Waals surface area contributed by atoms with Gasteiger partial charge in [0.2, 0.25) is 0 Å². The lowest BCUT2D eigenvalue weighted by Crippen LogP contribution is -2.37. The second-order valence-corrected chi connectivity index (χ2v) is 6.32. The maximum Gasteiger partial charge on any atom is 0.315 e. The molecule has 3 rings (SSSR count). The summed E-state index contributed by atoms with van der Waals surface area (Å²) in [6.07, 6.45) is 0. The molecular formula is C20H24FN3O2. The molecule has 2 aromatic rings. The molecule has 0 aromatic heterocycles. The number of urea groups is 1. The van der Waals surface area contributed by atoms with Gasteiger partial charge in [0.05, 0.1) is 13.2 Å². The predicted octanol–water partition coefficient (Wildman–Crippen LogP) is 2.66. The molecule has 2 amide bonds. The van der Waals surface area contributed by atoms with Crippen LogP contribution in [-0.2, 0) is 24.4 Å². The lowest BCUT2D eigenvalue weighted by atomic mass is 10.1. The van der Waals surface area contributed by atoms with Crippen molar-refractivity contribution in [1.29, 1.82) is 0 Å². The van der Waals surface area contributed by atoms with E-state index in [2.05, 4.69) is 21.6 Å². The highest BCUT2D eigenvalue weighted by atomic mass is 19.1. The van der Waals surface area contributed by atoms with Gasteiger partial charge in [0, 0.05) is 32.7 Å². The van der Waals surface area contributed by atoms with Crippen LogP contribution in [0, 0.1) is 5.82 Å². The summed E-state index contributed by atoms with van der Waals surface area (Å²) in [6.45, 7) is 4.98. The minimum absolute atomic E-state index is 0.268. The smallest absolute Gasteiger partial charge is 0.315 e. The summed E-state index contributed by atoms with van der Waals surface area (Å²) < 4.78 is 18.5. The maximum absolute atomic E-state index is 13.2. The van der Waals surface area contributed by atoms with Crippen molar-refractivity contribution < 1.29 is 13.9 Å². The molecule has 1 aliphatic heterocycles. The summed E-state index contributed by atoms with van der Waals surface area (Å²) in [5.74, 6) is -0.304. The maximum atomic E-state index is 13.2. The molecule has 1 aliphatic rings. The van der Waals surface area contributed by atoms with Gasteiger partial charge in [-0.15, -0.1) is 0 Å². The van der Waals surface area contributed by atoms with Gasteiger partial charge in [0.1, 0.15) is 5.82 Å². The fourth-order valence-corrected chi connectivity index (χ4v) is 2.95. The van der Waals surface area contributed by atoms with Gasteiger partial charge in [-0.25, -0.2) is 9.18 Å². The number of morpholine rings is 1. The summed E-state index contributed by atoms with van der Waals surface area (Å²) >= 11 is 0. The van der Waals surface area contributed by atoms with Gasteiger partial charge < -0.3 is 15.4 Å². The summed E-state index contributed by atoms with van der Waals surface area (Å²) in [7, 11) is 0. The van der Waals surface area contributed by atoms with E-state index in [4.69, 9.17) is 4.74 Å². The zero-order valence-electron chi connectivity index (χ0n) is 14.7. The number of carbonyl (C=O) groups is 1. The zero-order chi connectivity index (χ0) is 18.2. The minimum Gasteiger partial charge on any atom is -0.379 e. The fourth-order valence-electron chi connectivity index (χ4n) is 2.95. The molecule has 5 nitrogen and oxygen atoms in total. The van der Waals surface area contributed by atoms with Gasteiger partial charge in [-0.3, -0.25) is 4.90 Å². The predicted molar refractivity (Wildman–Crippen MR) is 98.0 cm³/mol. The van der Waals surface area contributed by atoms with E-state index in [-0.39, 0.29) is 11.8 Å². The lowest BCUT2D eigenvalue weighted by Gasteiger charge is -2.27. The Kier molecular flexibility index (Phi) is 6.57. The topological polar surface area (TPSA) is 53.6 Å². The molecule has 1 fully saturated rings. The number of nitrogens with zero attached hydrogens (tertiary/aromatic N) is 1. The highest BCUT2D eigenvalue weighted by Gasteiger charge is 2.13. The SMILES string of the molecule is O=C(NCc1cccc(F)c1)NCc1ccccc1CN1CCOCC1. The van der Waals surface area contributed by atoms with Crippen molar-refractivity contribution in [3.63, 3.8) is 0 Å². The van der Waals surface area contributed by atoms with E-state index < -0.39 is 0 Å². The fraction of sp³-hybridized carbons (Fsp3) is 0.350.